The quantitative estimate of drug-likeness (QED) is 0.757. The van der Waals surface area contributed by atoms with E-state index in [1.165, 1.54) is 6.07 Å². The van der Waals surface area contributed by atoms with Crippen molar-refractivity contribution < 1.29 is 4.39 Å². The molecule has 1 aliphatic heterocycles. The maximum absolute atomic E-state index is 13.3. The molecule has 1 aromatic carbocycles. The average molecular weight is 246 g/mol. The Bertz CT molecular complexity index is 383. The van der Waals surface area contributed by atoms with Gasteiger partial charge in [-0.25, -0.2) is 4.39 Å². The van der Waals surface area contributed by atoms with Crippen molar-refractivity contribution >= 4 is 23.4 Å². The van der Waals surface area contributed by atoms with E-state index in [0.29, 0.717) is 5.25 Å². The Labute approximate surface area is 98.2 Å². The Morgan fingerprint density at radius 3 is 3.00 bits per heavy atom. The van der Waals surface area contributed by atoms with Gasteiger partial charge in [-0.1, -0.05) is 24.6 Å². The summed E-state index contributed by atoms with van der Waals surface area (Å²) in [5, 5.41) is 0.732. The van der Waals surface area contributed by atoms with Crippen molar-refractivity contribution in [3.8, 4) is 0 Å². The molecule has 0 amide bonds. The molecule has 0 spiro atoms. The van der Waals surface area contributed by atoms with Crippen LogP contribution in [0.2, 0.25) is 5.02 Å². The lowest BCUT2D eigenvalue weighted by molar-refractivity contribution is 0.618. The van der Waals surface area contributed by atoms with E-state index >= 15 is 0 Å². The zero-order valence-electron chi connectivity index (χ0n) is 8.47. The molecule has 0 aliphatic carbocycles. The third-order valence-electron chi connectivity index (χ3n) is 2.73. The van der Waals surface area contributed by atoms with Crippen molar-refractivity contribution in [1.82, 2.24) is 0 Å². The minimum absolute atomic E-state index is 0.0249. The minimum Gasteiger partial charge on any atom is -0.324 e. The molecule has 2 unspecified atom stereocenters. The van der Waals surface area contributed by atoms with Crippen molar-refractivity contribution in [1.29, 1.82) is 0 Å². The highest BCUT2D eigenvalue weighted by Gasteiger charge is 2.22. The van der Waals surface area contributed by atoms with Crippen LogP contribution in [0, 0.1) is 5.82 Å². The number of fused-ring (bicyclic) bond motifs is 1. The molecule has 82 valence electrons. The number of hydrogen-bond acceptors (Lipinski definition) is 2. The molecule has 1 nitrogen and oxygen atoms in total. The second-order valence-corrected chi connectivity index (χ2v) is 5.70. The summed E-state index contributed by atoms with van der Waals surface area (Å²) in [4.78, 5) is 0. The molecule has 0 bridgehead atoms. The predicted molar refractivity (Wildman–Crippen MR) is 63.7 cm³/mol. The first-order valence-electron chi connectivity index (χ1n) is 4.93. The van der Waals surface area contributed by atoms with Crippen LogP contribution in [0.4, 0.5) is 4.39 Å². The molecule has 1 aliphatic rings. The molecule has 0 saturated carbocycles. The van der Waals surface area contributed by atoms with Crippen LogP contribution in [-0.2, 0) is 5.75 Å². The third kappa shape index (κ3) is 2.14. The van der Waals surface area contributed by atoms with Crippen molar-refractivity contribution in [2.24, 2.45) is 5.73 Å². The summed E-state index contributed by atoms with van der Waals surface area (Å²) >= 11 is 7.73. The van der Waals surface area contributed by atoms with E-state index in [9.17, 15) is 4.39 Å². The number of benzene rings is 1. The number of halogens is 2. The number of rotatable bonds is 0. The van der Waals surface area contributed by atoms with Crippen LogP contribution >= 0.6 is 23.4 Å². The molecule has 15 heavy (non-hydrogen) atoms. The van der Waals surface area contributed by atoms with Crippen LogP contribution in [0.1, 0.15) is 30.5 Å². The van der Waals surface area contributed by atoms with Gasteiger partial charge in [0, 0.05) is 17.0 Å². The van der Waals surface area contributed by atoms with Gasteiger partial charge in [0.2, 0.25) is 0 Å². The minimum atomic E-state index is -0.349. The molecule has 1 aromatic rings. The van der Waals surface area contributed by atoms with E-state index in [4.69, 9.17) is 17.3 Å². The summed E-state index contributed by atoms with van der Waals surface area (Å²) in [7, 11) is 0. The first-order chi connectivity index (χ1) is 7.09. The lowest BCUT2D eigenvalue weighted by atomic mass is 9.98. The van der Waals surface area contributed by atoms with E-state index in [-0.39, 0.29) is 16.9 Å². The van der Waals surface area contributed by atoms with Gasteiger partial charge in [0.05, 0.1) is 5.02 Å². The number of nitrogens with two attached hydrogens (primary N) is 1. The fraction of sp³-hybridized carbons (Fsp3) is 0.455. The van der Waals surface area contributed by atoms with Gasteiger partial charge in [-0.3, -0.25) is 0 Å². The zero-order valence-corrected chi connectivity index (χ0v) is 10.0. The SMILES string of the molecule is CC1CC(N)c2ccc(F)c(Cl)c2CS1. The Morgan fingerprint density at radius 2 is 2.27 bits per heavy atom. The third-order valence-corrected chi connectivity index (χ3v) is 4.36. The largest absolute Gasteiger partial charge is 0.324 e. The molecule has 4 heteroatoms. The monoisotopic (exact) mass is 245 g/mol. The van der Waals surface area contributed by atoms with Crippen molar-refractivity contribution in [2.45, 2.75) is 30.4 Å². The molecule has 1 heterocycles. The highest BCUT2D eigenvalue weighted by atomic mass is 35.5. The van der Waals surface area contributed by atoms with E-state index in [0.717, 1.165) is 23.3 Å². The zero-order chi connectivity index (χ0) is 11.0. The van der Waals surface area contributed by atoms with Gasteiger partial charge >= 0.3 is 0 Å². The summed E-state index contributed by atoms with van der Waals surface area (Å²) < 4.78 is 13.3. The first kappa shape index (κ1) is 11.2. The number of thioether (sulfide) groups is 1. The summed E-state index contributed by atoms with van der Waals surface area (Å²) in [5.74, 6) is 0.401. The molecule has 2 N–H and O–H groups in total. The van der Waals surface area contributed by atoms with Crippen LogP contribution in [0.3, 0.4) is 0 Å². The van der Waals surface area contributed by atoms with Crippen molar-refractivity contribution in [2.75, 3.05) is 0 Å². The van der Waals surface area contributed by atoms with Gasteiger partial charge in [-0.15, -0.1) is 0 Å². The van der Waals surface area contributed by atoms with Gasteiger partial charge in [0.1, 0.15) is 5.82 Å². The van der Waals surface area contributed by atoms with Gasteiger partial charge in [-0.2, -0.15) is 11.8 Å². The van der Waals surface area contributed by atoms with E-state index < -0.39 is 0 Å². The predicted octanol–water partition coefficient (Wildman–Crippen LogP) is 3.50. The fourth-order valence-corrected chi connectivity index (χ4v) is 3.30. The number of hydrogen-bond donors (Lipinski definition) is 1. The van der Waals surface area contributed by atoms with Crippen LogP contribution < -0.4 is 5.73 Å². The Balaban J connectivity index is 2.48. The maximum Gasteiger partial charge on any atom is 0.142 e. The van der Waals surface area contributed by atoms with Gasteiger partial charge < -0.3 is 5.73 Å². The van der Waals surface area contributed by atoms with Crippen LogP contribution in [0.15, 0.2) is 12.1 Å². The van der Waals surface area contributed by atoms with E-state index in [2.05, 4.69) is 6.92 Å². The molecule has 0 fully saturated rings. The molecule has 0 aromatic heterocycles. The van der Waals surface area contributed by atoms with E-state index in [1.807, 2.05) is 0 Å². The first-order valence-corrected chi connectivity index (χ1v) is 6.36. The van der Waals surface area contributed by atoms with Gasteiger partial charge in [0.25, 0.3) is 0 Å². The molecule has 0 radical (unpaired) electrons. The second-order valence-electron chi connectivity index (χ2n) is 3.89. The Kier molecular flexibility index (Phi) is 3.24. The summed E-state index contributed by atoms with van der Waals surface area (Å²) in [5.41, 5.74) is 7.93. The molecule has 0 saturated heterocycles. The van der Waals surface area contributed by atoms with Crippen molar-refractivity contribution in [3.63, 3.8) is 0 Å². The summed E-state index contributed by atoms with van der Waals surface area (Å²) in [6, 6.07) is 3.14. The fourth-order valence-electron chi connectivity index (χ4n) is 1.88. The van der Waals surface area contributed by atoms with Crippen molar-refractivity contribution in [3.05, 3.63) is 34.1 Å². The highest BCUT2D eigenvalue weighted by molar-refractivity contribution is 7.99. The highest BCUT2D eigenvalue weighted by Crippen LogP contribution is 2.37. The molecular formula is C11H13ClFNS. The van der Waals surface area contributed by atoms with Gasteiger partial charge in [-0.05, 0) is 23.6 Å². The molecule has 2 atom stereocenters. The Hall–Kier alpha value is -0.250. The maximum atomic E-state index is 13.3. The van der Waals surface area contributed by atoms with Crippen LogP contribution in [0.5, 0.6) is 0 Å². The standard InChI is InChI=1S/C11H13ClFNS/c1-6-4-10(14)7-2-3-9(13)11(12)8(7)5-15-6/h2-3,6,10H,4-5,14H2,1H3. The van der Waals surface area contributed by atoms with Crippen LogP contribution in [-0.4, -0.2) is 5.25 Å². The summed E-state index contributed by atoms with van der Waals surface area (Å²) in [6.45, 7) is 2.14. The molecular weight excluding hydrogens is 233 g/mol. The molecule has 2 rings (SSSR count). The second kappa shape index (κ2) is 4.32. The summed E-state index contributed by atoms with van der Waals surface area (Å²) in [6.07, 6.45) is 0.916. The normalized spacial score (nSPS) is 25.9. The smallest absolute Gasteiger partial charge is 0.142 e. The lowest BCUT2D eigenvalue weighted by Crippen LogP contribution is -2.14. The average Bonchev–Trinajstić information content (AvgIpc) is 2.32. The van der Waals surface area contributed by atoms with E-state index in [1.54, 1.807) is 17.8 Å². The van der Waals surface area contributed by atoms with Gasteiger partial charge in [0.15, 0.2) is 0 Å². The van der Waals surface area contributed by atoms with Crippen LogP contribution in [0.25, 0.3) is 0 Å². The Morgan fingerprint density at radius 1 is 1.53 bits per heavy atom. The topological polar surface area (TPSA) is 26.0 Å². The lowest BCUT2D eigenvalue weighted by Gasteiger charge is -2.14.